The van der Waals surface area contributed by atoms with Crippen LogP contribution in [0, 0.1) is 0 Å². The van der Waals surface area contributed by atoms with Crippen molar-refractivity contribution in [3.8, 4) is 51.0 Å². The Morgan fingerprint density at radius 1 is 0.440 bits per heavy atom. The van der Waals surface area contributed by atoms with Gasteiger partial charge in [0.2, 0.25) is 0 Å². The summed E-state index contributed by atoms with van der Waals surface area (Å²) in [7, 11) is 0. The van der Waals surface area contributed by atoms with Crippen molar-refractivity contribution in [1.82, 2.24) is 24.5 Å². The van der Waals surface area contributed by atoms with Crippen LogP contribution in [0.1, 0.15) is 0 Å². The zero-order valence-electron chi connectivity index (χ0n) is 26.7. The molecule has 234 valence electrons. The minimum atomic E-state index is 0.582. The molecule has 0 amide bonds. The van der Waals surface area contributed by atoms with Gasteiger partial charge in [0, 0.05) is 50.9 Å². The number of furan rings is 1. The molecule has 6 nitrogen and oxygen atoms in total. The fraction of sp³-hybridized carbons (Fsp3) is 0. The maximum atomic E-state index is 6.78. The predicted molar refractivity (Wildman–Crippen MR) is 201 cm³/mol. The van der Waals surface area contributed by atoms with E-state index in [1.165, 1.54) is 0 Å². The van der Waals surface area contributed by atoms with Gasteiger partial charge in [0.05, 0.1) is 16.4 Å². The lowest BCUT2D eigenvalue weighted by Gasteiger charge is -2.09. The van der Waals surface area contributed by atoms with Crippen LogP contribution < -0.4 is 0 Å². The maximum absolute atomic E-state index is 6.78. The number of para-hydroxylation sites is 2. The fourth-order valence-corrected chi connectivity index (χ4v) is 6.98. The number of nitrogens with zero attached hydrogens (tertiary/aromatic N) is 5. The summed E-state index contributed by atoms with van der Waals surface area (Å²) < 4.78 is 9.09. The molecule has 0 spiro atoms. The van der Waals surface area contributed by atoms with E-state index in [2.05, 4.69) is 119 Å². The van der Waals surface area contributed by atoms with E-state index < -0.39 is 0 Å². The van der Waals surface area contributed by atoms with Gasteiger partial charge in [0.15, 0.2) is 17.5 Å². The summed E-state index contributed by atoms with van der Waals surface area (Å²) in [6.07, 6.45) is 3.65. The third-order valence-corrected chi connectivity index (χ3v) is 9.35. The predicted octanol–water partition coefficient (Wildman–Crippen LogP) is 10.9. The number of aromatic nitrogens is 5. The molecule has 4 heterocycles. The molecule has 0 N–H and O–H groups in total. The molecule has 0 atom stereocenters. The Hall–Kier alpha value is -6.92. The van der Waals surface area contributed by atoms with Crippen molar-refractivity contribution < 1.29 is 4.42 Å². The van der Waals surface area contributed by atoms with E-state index in [0.29, 0.717) is 17.5 Å². The van der Waals surface area contributed by atoms with Gasteiger partial charge in [-0.2, -0.15) is 0 Å². The molecule has 10 aromatic rings. The van der Waals surface area contributed by atoms with Crippen LogP contribution in [0.3, 0.4) is 0 Å². The molecule has 0 aliphatic carbocycles. The van der Waals surface area contributed by atoms with Gasteiger partial charge in [-0.05, 0) is 59.7 Å². The van der Waals surface area contributed by atoms with Gasteiger partial charge in [0.1, 0.15) is 11.2 Å². The van der Waals surface area contributed by atoms with Crippen molar-refractivity contribution >= 4 is 43.7 Å². The molecule has 0 saturated carbocycles. The van der Waals surface area contributed by atoms with E-state index in [-0.39, 0.29) is 0 Å². The summed E-state index contributed by atoms with van der Waals surface area (Å²) in [4.78, 5) is 19.2. The molecule has 10 rings (SSSR count). The first-order valence-electron chi connectivity index (χ1n) is 16.5. The van der Waals surface area contributed by atoms with Gasteiger partial charge < -0.3 is 8.98 Å². The maximum Gasteiger partial charge on any atom is 0.164 e. The monoisotopic (exact) mass is 641 g/mol. The Labute approximate surface area is 287 Å². The first-order valence-corrected chi connectivity index (χ1v) is 16.5. The van der Waals surface area contributed by atoms with E-state index >= 15 is 0 Å². The van der Waals surface area contributed by atoms with Crippen molar-refractivity contribution in [2.75, 3.05) is 0 Å². The number of hydrogen-bond acceptors (Lipinski definition) is 5. The summed E-state index contributed by atoms with van der Waals surface area (Å²) in [5.74, 6) is 1.80. The van der Waals surface area contributed by atoms with Crippen LogP contribution in [-0.4, -0.2) is 24.5 Å². The fourth-order valence-electron chi connectivity index (χ4n) is 6.98. The number of benzene rings is 6. The summed E-state index contributed by atoms with van der Waals surface area (Å²) in [6, 6.07) is 51.9. The molecular weight excluding hydrogens is 615 g/mol. The van der Waals surface area contributed by atoms with E-state index in [4.69, 9.17) is 19.4 Å². The zero-order chi connectivity index (χ0) is 33.0. The lowest BCUT2D eigenvalue weighted by atomic mass is 10.1. The van der Waals surface area contributed by atoms with Crippen LogP contribution in [-0.2, 0) is 0 Å². The molecule has 0 saturated heterocycles. The smallest absolute Gasteiger partial charge is 0.164 e. The quantitative estimate of drug-likeness (QED) is 0.187. The van der Waals surface area contributed by atoms with Crippen molar-refractivity contribution in [1.29, 1.82) is 0 Å². The van der Waals surface area contributed by atoms with Crippen LogP contribution in [0.25, 0.3) is 94.7 Å². The van der Waals surface area contributed by atoms with Crippen molar-refractivity contribution in [2.45, 2.75) is 0 Å². The molecule has 0 radical (unpaired) electrons. The highest BCUT2D eigenvalue weighted by atomic mass is 16.3. The third-order valence-electron chi connectivity index (χ3n) is 9.35. The largest absolute Gasteiger partial charge is 0.455 e. The average molecular weight is 642 g/mol. The molecule has 4 aromatic heterocycles. The van der Waals surface area contributed by atoms with Gasteiger partial charge in [-0.3, -0.25) is 4.98 Å². The second kappa shape index (κ2) is 11.4. The molecule has 0 unspecified atom stereocenters. The van der Waals surface area contributed by atoms with Crippen LogP contribution in [0.15, 0.2) is 168 Å². The van der Waals surface area contributed by atoms with Gasteiger partial charge in [-0.1, -0.05) is 103 Å². The lowest BCUT2D eigenvalue weighted by Crippen LogP contribution is -2.00. The highest BCUT2D eigenvalue weighted by Gasteiger charge is 2.20. The van der Waals surface area contributed by atoms with Crippen LogP contribution in [0.4, 0.5) is 0 Å². The Morgan fingerprint density at radius 3 is 1.82 bits per heavy atom. The van der Waals surface area contributed by atoms with Gasteiger partial charge in [-0.25, -0.2) is 15.0 Å². The van der Waals surface area contributed by atoms with Crippen LogP contribution >= 0.6 is 0 Å². The SMILES string of the molecule is c1ccc(-c2nc(-c3ccc(-c4cccnc4)cc3)nc(-c3ccc4c(c3)oc3c4ccc4c3c3ccccc3n4-c3ccccc3)n2)cc1. The molecule has 0 bridgehead atoms. The molecule has 0 aliphatic heterocycles. The van der Waals surface area contributed by atoms with Gasteiger partial charge in [-0.15, -0.1) is 0 Å². The normalized spacial score (nSPS) is 11.6. The lowest BCUT2D eigenvalue weighted by molar-refractivity contribution is 0.673. The topological polar surface area (TPSA) is 69.6 Å². The number of hydrogen-bond donors (Lipinski definition) is 0. The molecule has 50 heavy (non-hydrogen) atoms. The first-order chi connectivity index (χ1) is 24.8. The Morgan fingerprint density at radius 2 is 1.06 bits per heavy atom. The second-order valence-electron chi connectivity index (χ2n) is 12.3. The van der Waals surface area contributed by atoms with Crippen molar-refractivity contribution in [3.63, 3.8) is 0 Å². The Balaban J connectivity index is 1.14. The standard InChI is InChI=1S/C44H27N5O/c1-3-10-29(11-4-1)42-46-43(30-19-17-28(18-20-30)32-12-9-25-45-27-32)48-44(47-42)31-21-22-34-35-23-24-38-40(41(35)50-39(34)26-31)36-15-7-8-16-37(36)49(38)33-13-5-2-6-14-33/h1-27H. The number of pyridine rings is 1. The summed E-state index contributed by atoms with van der Waals surface area (Å²) in [6.45, 7) is 0. The molecule has 0 aliphatic rings. The van der Waals surface area contributed by atoms with Crippen LogP contribution in [0.5, 0.6) is 0 Å². The summed E-state index contributed by atoms with van der Waals surface area (Å²) in [5.41, 5.74) is 9.83. The third kappa shape index (κ3) is 4.58. The van der Waals surface area contributed by atoms with Crippen molar-refractivity contribution in [2.24, 2.45) is 0 Å². The number of fused-ring (bicyclic) bond motifs is 7. The van der Waals surface area contributed by atoms with E-state index in [1.54, 1.807) is 6.20 Å². The molecule has 6 aromatic carbocycles. The summed E-state index contributed by atoms with van der Waals surface area (Å²) >= 11 is 0. The first kappa shape index (κ1) is 28.1. The van der Waals surface area contributed by atoms with E-state index in [1.807, 2.05) is 48.7 Å². The Kier molecular flexibility index (Phi) is 6.39. The second-order valence-corrected chi connectivity index (χ2v) is 12.3. The Bertz CT molecular complexity index is 2840. The highest BCUT2D eigenvalue weighted by Crippen LogP contribution is 2.41. The average Bonchev–Trinajstić information content (AvgIpc) is 3.74. The molecule has 0 fully saturated rings. The summed E-state index contributed by atoms with van der Waals surface area (Å²) in [5, 5.41) is 4.37. The van der Waals surface area contributed by atoms with Crippen molar-refractivity contribution in [3.05, 3.63) is 164 Å². The van der Waals surface area contributed by atoms with Gasteiger partial charge in [0.25, 0.3) is 0 Å². The zero-order valence-corrected chi connectivity index (χ0v) is 26.7. The molecular formula is C44H27N5O. The highest BCUT2D eigenvalue weighted by molar-refractivity contribution is 6.24. The van der Waals surface area contributed by atoms with E-state index in [9.17, 15) is 0 Å². The minimum Gasteiger partial charge on any atom is -0.455 e. The number of rotatable bonds is 5. The minimum absolute atomic E-state index is 0.582. The van der Waals surface area contributed by atoms with Gasteiger partial charge >= 0.3 is 0 Å². The molecule has 6 heteroatoms. The van der Waals surface area contributed by atoms with E-state index in [0.717, 1.165) is 77.2 Å². The van der Waals surface area contributed by atoms with Crippen LogP contribution in [0.2, 0.25) is 0 Å².